The summed E-state index contributed by atoms with van der Waals surface area (Å²) in [5, 5.41) is 16.6. The van der Waals surface area contributed by atoms with Crippen LogP contribution in [0.4, 0.5) is 4.39 Å². The molecule has 7 heteroatoms. The highest BCUT2D eigenvalue weighted by Gasteiger charge is 2.25. The minimum absolute atomic E-state index is 0.0561. The first kappa shape index (κ1) is 19.2. The lowest BCUT2D eigenvalue weighted by Crippen LogP contribution is -2.45. The van der Waals surface area contributed by atoms with Gasteiger partial charge in [0.15, 0.2) is 5.96 Å². The Morgan fingerprint density at radius 2 is 2.20 bits per heavy atom. The predicted octanol–water partition coefficient (Wildman–Crippen LogP) is 1.43. The highest BCUT2D eigenvalue weighted by Crippen LogP contribution is 2.16. The van der Waals surface area contributed by atoms with Gasteiger partial charge in [-0.05, 0) is 19.4 Å². The summed E-state index contributed by atoms with van der Waals surface area (Å²) < 4.78 is 13.7. The monoisotopic (exact) mass is 350 g/mol. The van der Waals surface area contributed by atoms with Gasteiger partial charge in [0.05, 0.1) is 6.54 Å². The summed E-state index contributed by atoms with van der Waals surface area (Å²) in [6, 6.07) is 6.28. The molecule has 1 saturated heterocycles. The van der Waals surface area contributed by atoms with Gasteiger partial charge >= 0.3 is 0 Å². The molecule has 1 fully saturated rings. The van der Waals surface area contributed by atoms with Crippen LogP contribution in [0, 0.1) is 5.82 Å². The van der Waals surface area contributed by atoms with Gasteiger partial charge in [-0.15, -0.1) is 0 Å². The van der Waals surface area contributed by atoms with Crippen molar-refractivity contribution < 1.29 is 14.3 Å². The Hall–Kier alpha value is -2.15. The summed E-state index contributed by atoms with van der Waals surface area (Å²) in [6.45, 7) is 5.92. The first-order valence-corrected chi connectivity index (χ1v) is 8.80. The number of likely N-dealkylation sites (tertiary alicyclic amines) is 1. The minimum atomic E-state index is -1.00. The number of aliphatic imine (C=N–C) groups is 1. The first-order valence-electron chi connectivity index (χ1n) is 8.80. The van der Waals surface area contributed by atoms with Gasteiger partial charge in [0, 0.05) is 37.7 Å². The molecule has 1 aromatic rings. The second kappa shape index (κ2) is 9.36. The number of carbonyl (C=O) groups excluding carboxylic acids is 1. The summed E-state index contributed by atoms with van der Waals surface area (Å²) in [7, 11) is 0. The van der Waals surface area contributed by atoms with Crippen molar-refractivity contribution in [1.82, 2.24) is 15.5 Å². The van der Waals surface area contributed by atoms with Crippen LogP contribution >= 0.6 is 0 Å². The van der Waals surface area contributed by atoms with Crippen LogP contribution in [0.3, 0.4) is 0 Å². The maximum Gasteiger partial charge on any atom is 0.222 e. The second-order valence-electron chi connectivity index (χ2n) is 6.08. The van der Waals surface area contributed by atoms with Crippen molar-refractivity contribution in [3.63, 3.8) is 0 Å². The van der Waals surface area contributed by atoms with Crippen LogP contribution < -0.4 is 10.6 Å². The fraction of sp³-hybridized carbons (Fsp3) is 0.556. The van der Waals surface area contributed by atoms with Crippen molar-refractivity contribution in [2.24, 2.45) is 4.99 Å². The number of guanidine groups is 1. The number of carbonyl (C=O) groups is 1. The molecular weight excluding hydrogens is 323 g/mol. The lowest BCUT2D eigenvalue weighted by molar-refractivity contribution is -0.129. The number of amides is 1. The number of nitrogens with one attached hydrogen (secondary N) is 2. The van der Waals surface area contributed by atoms with Crippen molar-refractivity contribution >= 4 is 11.9 Å². The molecule has 138 valence electrons. The Morgan fingerprint density at radius 1 is 1.44 bits per heavy atom. The van der Waals surface area contributed by atoms with Gasteiger partial charge < -0.3 is 20.6 Å². The summed E-state index contributed by atoms with van der Waals surface area (Å²) >= 11 is 0. The molecule has 0 spiro atoms. The van der Waals surface area contributed by atoms with Crippen LogP contribution in [-0.2, 0) is 4.79 Å². The van der Waals surface area contributed by atoms with Crippen molar-refractivity contribution in [3.05, 3.63) is 35.6 Å². The number of nitrogens with zero attached hydrogens (tertiary/aromatic N) is 2. The van der Waals surface area contributed by atoms with E-state index in [1.807, 2.05) is 18.7 Å². The number of halogens is 1. The van der Waals surface area contributed by atoms with Crippen LogP contribution in [0.5, 0.6) is 0 Å². The van der Waals surface area contributed by atoms with E-state index in [2.05, 4.69) is 15.6 Å². The van der Waals surface area contributed by atoms with E-state index in [1.54, 1.807) is 18.2 Å². The third-order valence-electron chi connectivity index (χ3n) is 4.22. The van der Waals surface area contributed by atoms with E-state index in [4.69, 9.17) is 0 Å². The SMILES string of the molecule is CCNC(=NCC(O)c1ccccc1F)NC1CCN(C(=O)CC)C1. The average molecular weight is 350 g/mol. The maximum absolute atomic E-state index is 13.7. The lowest BCUT2D eigenvalue weighted by Gasteiger charge is -2.19. The van der Waals surface area contributed by atoms with E-state index >= 15 is 0 Å². The molecule has 0 aliphatic carbocycles. The fourth-order valence-electron chi connectivity index (χ4n) is 2.86. The third-order valence-corrected chi connectivity index (χ3v) is 4.22. The molecule has 1 heterocycles. The Kier molecular flexibility index (Phi) is 7.18. The highest BCUT2D eigenvalue weighted by molar-refractivity contribution is 5.80. The fourth-order valence-corrected chi connectivity index (χ4v) is 2.86. The molecule has 0 radical (unpaired) electrons. The molecule has 1 aliphatic heterocycles. The first-order chi connectivity index (χ1) is 12.0. The molecule has 2 unspecified atom stereocenters. The van der Waals surface area contributed by atoms with E-state index in [1.165, 1.54) is 6.07 Å². The summed E-state index contributed by atoms with van der Waals surface area (Å²) in [5.41, 5.74) is 0.239. The van der Waals surface area contributed by atoms with E-state index in [-0.39, 0.29) is 24.1 Å². The van der Waals surface area contributed by atoms with Gasteiger partial charge in [0.1, 0.15) is 11.9 Å². The smallest absolute Gasteiger partial charge is 0.222 e. The van der Waals surface area contributed by atoms with Crippen LogP contribution in [-0.4, -0.2) is 54.1 Å². The Labute approximate surface area is 148 Å². The second-order valence-corrected chi connectivity index (χ2v) is 6.08. The number of hydrogen-bond acceptors (Lipinski definition) is 3. The van der Waals surface area contributed by atoms with Gasteiger partial charge in [0.2, 0.25) is 5.91 Å². The van der Waals surface area contributed by atoms with Crippen molar-refractivity contribution in [2.45, 2.75) is 38.8 Å². The largest absolute Gasteiger partial charge is 0.386 e. The Balaban J connectivity index is 1.95. The van der Waals surface area contributed by atoms with Crippen molar-refractivity contribution in [2.75, 3.05) is 26.2 Å². The Morgan fingerprint density at radius 3 is 2.88 bits per heavy atom. The number of aliphatic hydroxyl groups is 1. The number of rotatable bonds is 6. The van der Waals surface area contributed by atoms with Gasteiger partial charge in [-0.1, -0.05) is 25.1 Å². The molecular formula is C18H27FN4O2. The molecule has 0 bridgehead atoms. The molecule has 0 saturated carbocycles. The van der Waals surface area contributed by atoms with Gasteiger partial charge in [-0.2, -0.15) is 0 Å². The summed E-state index contributed by atoms with van der Waals surface area (Å²) in [5.74, 6) is 0.280. The molecule has 1 aliphatic rings. The van der Waals surface area contributed by atoms with Crippen LogP contribution in [0.2, 0.25) is 0 Å². The summed E-state index contributed by atoms with van der Waals surface area (Å²) in [4.78, 5) is 18.0. The Bertz CT molecular complexity index is 608. The molecule has 0 aromatic heterocycles. The molecule has 1 aromatic carbocycles. The average Bonchev–Trinajstić information content (AvgIpc) is 3.08. The van der Waals surface area contributed by atoms with Gasteiger partial charge in [-0.25, -0.2) is 4.39 Å². The third kappa shape index (κ3) is 5.42. The lowest BCUT2D eigenvalue weighted by atomic mass is 10.1. The molecule has 2 rings (SSSR count). The zero-order chi connectivity index (χ0) is 18.2. The number of aliphatic hydroxyl groups excluding tert-OH is 1. The maximum atomic E-state index is 13.7. The topological polar surface area (TPSA) is 77.0 Å². The number of benzene rings is 1. The minimum Gasteiger partial charge on any atom is -0.386 e. The molecule has 3 N–H and O–H groups in total. The molecule has 25 heavy (non-hydrogen) atoms. The molecule has 6 nitrogen and oxygen atoms in total. The summed E-state index contributed by atoms with van der Waals surface area (Å²) in [6.07, 6.45) is 0.361. The van der Waals surface area contributed by atoms with Crippen molar-refractivity contribution in [1.29, 1.82) is 0 Å². The molecule has 1 amide bonds. The predicted molar refractivity (Wildman–Crippen MR) is 95.8 cm³/mol. The normalized spacial score (nSPS) is 19.0. The standard InChI is InChI=1S/C18H27FN4O2/c1-3-17(25)23-10-9-13(12-23)22-18(20-4-2)21-11-16(24)14-7-5-6-8-15(14)19/h5-8,13,16,24H,3-4,9-12H2,1-2H3,(H2,20,21,22). The van der Waals surface area contributed by atoms with E-state index in [0.717, 1.165) is 13.0 Å². The van der Waals surface area contributed by atoms with Crippen LogP contribution in [0.15, 0.2) is 29.3 Å². The van der Waals surface area contributed by atoms with Gasteiger partial charge in [0.25, 0.3) is 0 Å². The van der Waals surface area contributed by atoms with E-state index in [9.17, 15) is 14.3 Å². The quantitative estimate of drug-likeness (QED) is 0.536. The molecule has 2 atom stereocenters. The van der Waals surface area contributed by atoms with Crippen LogP contribution in [0.1, 0.15) is 38.4 Å². The van der Waals surface area contributed by atoms with Crippen LogP contribution in [0.25, 0.3) is 0 Å². The number of hydrogen-bond donors (Lipinski definition) is 3. The zero-order valence-electron chi connectivity index (χ0n) is 14.8. The van der Waals surface area contributed by atoms with Gasteiger partial charge in [-0.3, -0.25) is 9.79 Å². The van der Waals surface area contributed by atoms with E-state index < -0.39 is 11.9 Å². The highest BCUT2D eigenvalue weighted by atomic mass is 19.1. The van der Waals surface area contributed by atoms with E-state index in [0.29, 0.717) is 25.5 Å². The zero-order valence-corrected chi connectivity index (χ0v) is 14.8. The van der Waals surface area contributed by atoms with Crippen molar-refractivity contribution in [3.8, 4) is 0 Å².